The Labute approximate surface area is 120 Å². The molecule has 1 unspecified atom stereocenters. The highest BCUT2D eigenvalue weighted by molar-refractivity contribution is 5.57. The summed E-state index contributed by atoms with van der Waals surface area (Å²) in [5, 5.41) is 0. The third kappa shape index (κ3) is 3.82. The van der Waals surface area contributed by atoms with Crippen LogP contribution in [0.4, 0.5) is 14.6 Å². The molecule has 21 heavy (non-hydrogen) atoms. The number of rotatable bonds is 5. The molecule has 0 fully saturated rings. The molecule has 2 rings (SSSR count). The lowest BCUT2D eigenvalue weighted by molar-refractivity contribution is -0.0732. The van der Waals surface area contributed by atoms with E-state index >= 15 is 0 Å². The van der Waals surface area contributed by atoms with Crippen LogP contribution in [0.1, 0.15) is 13.8 Å². The van der Waals surface area contributed by atoms with Gasteiger partial charge in [0.15, 0.2) is 11.9 Å². The van der Waals surface area contributed by atoms with E-state index in [2.05, 4.69) is 20.4 Å². The average Bonchev–Trinajstić information content (AvgIpc) is 2.47. The zero-order chi connectivity index (χ0) is 15.5. The molecule has 0 saturated heterocycles. The van der Waals surface area contributed by atoms with Gasteiger partial charge in [0, 0.05) is 24.8 Å². The van der Waals surface area contributed by atoms with Crippen molar-refractivity contribution in [2.75, 3.05) is 5.43 Å². The molecular weight excluding hydrogens is 280 g/mol. The summed E-state index contributed by atoms with van der Waals surface area (Å²) in [5.74, 6) is 2.83. The van der Waals surface area contributed by atoms with Crippen LogP contribution in [0.3, 0.4) is 0 Å². The fourth-order valence-corrected chi connectivity index (χ4v) is 1.44. The van der Waals surface area contributed by atoms with Crippen molar-refractivity contribution in [3.05, 3.63) is 30.7 Å². The van der Waals surface area contributed by atoms with Crippen LogP contribution in [0.15, 0.2) is 30.7 Å². The van der Waals surface area contributed by atoms with Crippen LogP contribution in [-0.2, 0) is 0 Å². The highest BCUT2D eigenvalue weighted by Crippen LogP contribution is 2.23. The van der Waals surface area contributed by atoms with Gasteiger partial charge in [-0.3, -0.25) is 4.98 Å². The summed E-state index contributed by atoms with van der Waals surface area (Å²) in [4.78, 5) is 12.2. The van der Waals surface area contributed by atoms with E-state index in [0.29, 0.717) is 17.1 Å². The molecule has 2 aromatic rings. The summed E-state index contributed by atoms with van der Waals surface area (Å²) in [7, 11) is 0. The van der Waals surface area contributed by atoms with E-state index in [4.69, 9.17) is 10.6 Å². The monoisotopic (exact) mass is 295 g/mol. The first kappa shape index (κ1) is 15.0. The summed E-state index contributed by atoms with van der Waals surface area (Å²) in [6, 6.07) is 3.18. The van der Waals surface area contributed by atoms with E-state index in [1.807, 2.05) is 0 Å². The number of ether oxygens (including phenoxy) is 1. The van der Waals surface area contributed by atoms with E-state index in [1.54, 1.807) is 6.07 Å². The third-order valence-electron chi connectivity index (χ3n) is 2.84. The maximum Gasteiger partial charge on any atom is 0.281 e. The number of nitrogens with two attached hydrogens (primary N) is 1. The Morgan fingerprint density at radius 2 is 1.95 bits per heavy atom. The van der Waals surface area contributed by atoms with Gasteiger partial charge in [-0.2, -0.15) is 0 Å². The van der Waals surface area contributed by atoms with Crippen LogP contribution in [0.25, 0.3) is 11.3 Å². The van der Waals surface area contributed by atoms with Gasteiger partial charge in [-0.15, -0.1) is 0 Å². The fourth-order valence-electron chi connectivity index (χ4n) is 1.44. The summed E-state index contributed by atoms with van der Waals surface area (Å²) in [6.07, 6.45) is 3.22. The second-order valence-electron chi connectivity index (χ2n) is 4.53. The molecule has 6 nitrogen and oxygen atoms in total. The van der Waals surface area contributed by atoms with Crippen molar-refractivity contribution in [2.45, 2.75) is 25.9 Å². The molecule has 0 aliphatic rings. The molecule has 2 heterocycles. The molecule has 0 amide bonds. The normalized spacial score (nSPS) is 12.8. The smallest absolute Gasteiger partial charge is 0.281 e. The minimum absolute atomic E-state index is 0.126. The Morgan fingerprint density at radius 1 is 1.19 bits per heavy atom. The van der Waals surface area contributed by atoms with E-state index in [0.717, 1.165) is 6.92 Å². The van der Waals surface area contributed by atoms with Crippen LogP contribution < -0.4 is 16.0 Å². The van der Waals surface area contributed by atoms with Gasteiger partial charge < -0.3 is 10.2 Å². The molecule has 0 spiro atoms. The summed E-state index contributed by atoms with van der Waals surface area (Å²) in [6.45, 7) is 2.09. The number of nitrogens with zero attached hydrogens (tertiary/aromatic N) is 3. The van der Waals surface area contributed by atoms with Crippen LogP contribution in [0, 0.1) is 0 Å². The van der Waals surface area contributed by atoms with Gasteiger partial charge in [0.25, 0.3) is 5.92 Å². The van der Waals surface area contributed by atoms with Crippen molar-refractivity contribution in [1.82, 2.24) is 15.0 Å². The number of anilines is 1. The number of hydrazine groups is 1. The number of pyridine rings is 1. The van der Waals surface area contributed by atoms with Gasteiger partial charge in [-0.25, -0.2) is 24.6 Å². The van der Waals surface area contributed by atoms with Gasteiger partial charge in [-0.05, 0) is 13.0 Å². The van der Waals surface area contributed by atoms with Crippen LogP contribution in [0.2, 0.25) is 0 Å². The lowest BCUT2D eigenvalue weighted by atomic mass is 10.2. The molecule has 0 aliphatic carbocycles. The molecule has 0 saturated carbocycles. The Balaban J connectivity index is 2.11. The first-order valence-electron chi connectivity index (χ1n) is 6.19. The van der Waals surface area contributed by atoms with Crippen molar-refractivity contribution in [2.24, 2.45) is 5.84 Å². The van der Waals surface area contributed by atoms with Gasteiger partial charge in [-0.1, -0.05) is 0 Å². The number of hydrogen-bond donors (Lipinski definition) is 2. The summed E-state index contributed by atoms with van der Waals surface area (Å²) in [5.41, 5.74) is 3.64. The van der Waals surface area contributed by atoms with E-state index in [1.165, 1.54) is 31.6 Å². The Morgan fingerprint density at radius 3 is 2.43 bits per heavy atom. The van der Waals surface area contributed by atoms with Crippen molar-refractivity contribution in [3.8, 4) is 17.1 Å². The predicted octanol–water partition coefficient (Wildman–Crippen LogP) is 2.25. The standard InChI is InChI=1S/C13H15F2N5O/c1-8(13(2,14)15)21-12-4-3-9(5-19-12)10-6-18-11(20-16)7-17-10/h3-8H,16H2,1-2H3,(H,18,20). The van der Waals surface area contributed by atoms with E-state index in [-0.39, 0.29) is 5.88 Å². The van der Waals surface area contributed by atoms with Crippen molar-refractivity contribution in [1.29, 1.82) is 0 Å². The molecule has 0 aliphatic heterocycles. The van der Waals surface area contributed by atoms with Crippen molar-refractivity contribution < 1.29 is 13.5 Å². The number of hydrogen-bond acceptors (Lipinski definition) is 6. The van der Waals surface area contributed by atoms with Gasteiger partial charge in [0.2, 0.25) is 5.88 Å². The third-order valence-corrected chi connectivity index (χ3v) is 2.84. The van der Waals surface area contributed by atoms with Gasteiger partial charge in [0.1, 0.15) is 0 Å². The first-order valence-corrected chi connectivity index (χ1v) is 6.19. The number of nitrogen functional groups attached to an aromatic ring is 1. The zero-order valence-electron chi connectivity index (χ0n) is 11.5. The maximum atomic E-state index is 13.0. The second-order valence-corrected chi connectivity index (χ2v) is 4.53. The minimum Gasteiger partial charge on any atom is -0.468 e. The quantitative estimate of drug-likeness (QED) is 0.650. The largest absolute Gasteiger partial charge is 0.468 e. The molecule has 0 aromatic carbocycles. The molecule has 3 N–H and O–H groups in total. The molecule has 2 aromatic heterocycles. The Bertz CT molecular complexity index is 583. The SMILES string of the molecule is CC(Oc1ccc(-c2cnc(NN)cn2)cn1)C(C)(F)F. The Kier molecular flexibility index (Phi) is 4.27. The molecular formula is C13H15F2N5O. The minimum atomic E-state index is -2.93. The topological polar surface area (TPSA) is 86.0 Å². The van der Waals surface area contributed by atoms with Crippen LogP contribution >= 0.6 is 0 Å². The predicted molar refractivity (Wildman–Crippen MR) is 73.8 cm³/mol. The van der Waals surface area contributed by atoms with Crippen LogP contribution in [-0.4, -0.2) is 27.0 Å². The summed E-state index contributed by atoms with van der Waals surface area (Å²) >= 11 is 0. The molecule has 0 bridgehead atoms. The van der Waals surface area contributed by atoms with Crippen molar-refractivity contribution >= 4 is 5.82 Å². The molecule has 8 heteroatoms. The van der Waals surface area contributed by atoms with Crippen LogP contribution in [0.5, 0.6) is 5.88 Å². The Hall–Kier alpha value is -2.35. The van der Waals surface area contributed by atoms with E-state index < -0.39 is 12.0 Å². The lowest BCUT2D eigenvalue weighted by Gasteiger charge is -2.20. The summed E-state index contributed by atoms with van der Waals surface area (Å²) < 4.78 is 31.1. The zero-order valence-corrected chi connectivity index (χ0v) is 11.5. The van der Waals surface area contributed by atoms with Crippen molar-refractivity contribution in [3.63, 3.8) is 0 Å². The fraction of sp³-hybridized carbons (Fsp3) is 0.308. The highest BCUT2D eigenvalue weighted by atomic mass is 19.3. The molecule has 0 radical (unpaired) electrons. The molecule has 1 atom stereocenters. The van der Waals surface area contributed by atoms with Gasteiger partial charge in [0.05, 0.1) is 18.1 Å². The number of nitrogens with one attached hydrogen (secondary N) is 1. The second kappa shape index (κ2) is 5.96. The highest BCUT2D eigenvalue weighted by Gasteiger charge is 2.32. The van der Waals surface area contributed by atoms with Gasteiger partial charge >= 0.3 is 0 Å². The number of alkyl halides is 2. The maximum absolute atomic E-state index is 13.0. The first-order chi connectivity index (χ1) is 9.90. The molecule has 112 valence electrons. The lowest BCUT2D eigenvalue weighted by Crippen LogP contribution is -2.32. The number of aromatic nitrogens is 3. The van der Waals surface area contributed by atoms with E-state index in [9.17, 15) is 8.78 Å². The average molecular weight is 295 g/mol. The number of halogens is 2.